The fourth-order valence-electron chi connectivity index (χ4n) is 6.59. The topological polar surface area (TPSA) is 408 Å². The fraction of sp³-hybridized carbons (Fsp3) is 0.412. The maximum atomic E-state index is 12.6. The summed E-state index contributed by atoms with van der Waals surface area (Å²) in [4.78, 5) is 90.2. The van der Waals surface area contributed by atoms with Crippen LogP contribution in [0.4, 0.5) is 11.4 Å². The van der Waals surface area contributed by atoms with Crippen molar-refractivity contribution in [1.82, 2.24) is 10.6 Å². The van der Waals surface area contributed by atoms with E-state index in [2.05, 4.69) is 33.8 Å². The molecule has 4 heterocycles. The van der Waals surface area contributed by atoms with Crippen LogP contribution in [0.1, 0.15) is 24.0 Å². The molecule has 10 atom stereocenters. The molecule has 2 aromatic carbocycles. The third kappa shape index (κ3) is 14.1. The molecule has 0 aliphatic carbocycles. The molecule has 4 aliphatic rings. The lowest BCUT2D eigenvalue weighted by Gasteiger charge is -2.23. The molecule has 6 rings (SSSR count). The molecule has 348 valence electrons. The highest BCUT2D eigenvalue weighted by Crippen LogP contribution is 2.66. The number of nitrogens with one attached hydrogen (secondary N) is 2. The van der Waals surface area contributed by atoms with Crippen molar-refractivity contribution in [3.05, 3.63) is 104 Å². The van der Waals surface area contributed by atoms with Crippen molar-refractivity contribution in [2.24, 2.45) is 21.8 Å². The molecule has 2 saturated heterocycles. The van der Waals surface area contributed by atoms with E-state index in [1.807, 2.05) is 0 Å². The summed E-state index contributed by atoms with van der Waals surface area (Å²) in [5.41, 5.74) is 0.624. The van der Waals surface area contributed by atoms with Gasteiger partial charge in [-0.1, -0.05) is 48.6 Å². The van der Waals surface area contributed by atoms with E-state index in [9.17, 15) is 58.6 Å². The Hall–Kier alpha value is -4.79. The van der Waals surface area contributed by atoms with Gasteiger partial charge in [0.15, 0.2) is 0 Å². The molecule has 0 saturated carbocycles. The number of aliphatic imine (C=N–C) groups is 2. The van der Waals surface area contributed by atoms with Gasteiger partial charge in [-0.05, 0) is 12.2 Å². The normalized spacial score (nSPS) is 28.7. The number of rotatable bonds is 16. The quantitative estimate of drug-likeness (QED) is 0.0642. The van der Waals surface area contributed by atoms with E-state index in [1.165, 1.54) is 36.4 Å². The van der Waals surface area contributed by atoms with Gasteiger partial charge in [-0.25, -0.2) is 13.7 Å². The molecule has 0 aromatic heterocycles. The van der Waals surface area contributed by atoms with E-state index in [0.717, 1.165) is 0 Å². The third-order valence-corrected chi connectivity index (χ3v) is 13.4. The van der Waals surface area contributed by atoms with Gasteiger partial charge in [0, 0.05) is 25.0 Å². The van der Waals surface area contributed by atoms with Crippen molar-refractivity contribution in [3.63, 3.8) is 0 Å². The molecule has 2 aromatic rings. The van der Waals surface area contributed by atoms with Gasteiger partial charge >= 0.3 is 23.5 Å². The minimum atomic E-state index is -5.70. The number of aliphatic hydroxyl groups is 3. The maximum absolute atomic E-state index is 12.6. The van der Waals surface area contributed by atoms with Crippen molar-refractivity contribution in [3.8, 4) is 0 Å². The van der Waals surface area contributed by atoms with E-state index >= 15 is 0 Å². The molecular weight excluding hydrogens is 921 g/mol. The second kappa shape index (κ2) is 21.5. The van der Waals surface area contributed by atoms with Crippen LogP contribution in [0.3, 0.4) is 0 Å². The molecule has 6 unspecified atom stereocenters. The van der Waals surface area contributed by atoms with Crippen LogP contribution in [0, 0.1) is 32.1 Å². The molecule has 0 spiro atoms. The van der Waals surface area contributed by atoms with Crippen molar-refractivity contribution in [2.45, 2.75) is 62.6 Å². The first-order valence-electron chi connectivity index (χ1n) is 18.6. The Morgan fingerprint density at radius 2 is 1.14 bits per heavy atom. The molecule has 27 nitrogen and oxygen atoms in total. The predicted octanol–water partition coefficient (Wildman–Crippen LogP) is 0.963. The van der Waals surface area contributed by atoms with Gasteiger partial charge in [-0.3, -0.25) is 44.3 Å². The van der Waals surface area contributed by atoms with Crippen LogP contribution < -0.4 is 10.6 Å². The summed E-state index contributed by atoms with van der Waals surface area (Å²) in [5, 5.41) is 56.4. The van der Waals surface area contributed by atoms with Gasteiger partial charge in [0.2, 0.25) is 11.8 Å². The summed E-state index contributed by atoms with van der Waals surface area (Å²) in [5.74, 6) is -1.98. The average molecular weight is 963 g/mol. The van der Waals surface area contributed by atoms with Crippen LogP contribution in [0.5, 0.6) is 0 Å². The van der Waals surface area contributed by atoms with E-state index < -0.39 is 94.3 Å². The number of nitro benzene ring substituents is 2. The Morgan fingerprint density at radius 1 is 0.703 bits per heavy atom. The van der Waals surface area contributed by atoms with Crippen molar-refractivity contribution >= 4 is 58.3 Å². The summed E-state index contributed by atoms with van der Waals surface area (Å²) in [6.07, 6.45) is 0.734. The van der Waals surface area contributed by atoms with E-state index in [1.54, 1.807) is 36.4 Å². The number of nitrogens with zero attached hydrogens (tertiary/aromatic N) is 4. The highest BCUT2D eigenvalue weighted by atomic mass is 31.3. The summed E-state index contributed by atoms with van der Waals surface area (Å²) >= 11 is 0. The molecule has 30 heteroatoms. The number of hydrogen-bond acceptors (Lipinski definition) is 19. The lowest BCUT2D eigenvalue weighted by Crippen LogP contribution is -2.42. The van der Waals surface area contributed by atoms with Crippen molar-refractivity contribution < 1.29 is 90.6 Å². The van der Waals surface area contributed by atoms with E-state index in [4.69, 9.17) is 29.3 Å². The summed E-state index contributed by atoms with van der Waals surface area (Å²) < 4.78 is 56.6. The van der Waals surface area contributed by atoms with Gasteiger partial charge in [0.05, 0.1) is 83.5 Å². The number of carbonyl (C=O) groups is 2. The number of carbonyl (C=O) groups excluding carboxylic acids is 2. The molecule has 9 N–H and O–H groups in total. The Kier molecular flexibility index (Phi) is 16.8. The second-order valence-electron chi connectivity index (χ2n) is 14.0. The molecule has 2 fully saturated rings. The number of hydrogen-bond donors (Lipinski definition) is 9. The van der Waals surface area contributed by atoms with Crippen LogP contribution >= 0.6 is 23.5 Å². The Labute approximate surface area is 360 Å². The summed E-state index contributed by atoms with van der Waals surface area (Å²) in [6, 6.07) is 12.2. The van der Waals surface area contributed by atoms with Gasteiger partial charge < -0.3 is 55.0 Å². The lowest BCUT2D eigenvalue weighted by atomic mass is 9.95. The first kappa shape index (κ1) is 50.2. The fourth-order valence-corrected chi connectivity index (χ4v) is 9.62. The monoisotopic (exact) mass is 962 g/mol. The number of amides is 2. The minimum absolute atomic E-state index is 0.0239. The zero-order chi connectivity index (χ0) is 47.0. The summed E-state index contributed by atoms with van der Waals surface area (Å²) in [7, 11) is -16.7. The number of aliphatic hydroxyl groups excluding tert-OH is 3. The highest BCUT2D eigenvalue weighted by Gasteiger charge is 2.45. The number of nitro groups is 2. The van der Waals surface area contributed by atoms with E-state index in [0.29, 0.717) is 17.0 Å². The molecule has 2 amide bonds. The number of phosphoric ester groups is 1. The zero-order valence-corrected chi connectivity index (χ0v) is 35.4. The standard InChI is InChI=1S/C17H22N3O15P3.C17H19N3O6/c21-13-7-14(33-15(13)9-32-37(28,29)35-38(30,31)34-36(25,26)27)11-5-6-16(19-17(11)22)18-8-10-3-1-2-4-12(10)20(23)24;21-9-15-13(22)7-14(26-15)11-5-6-16(19-17(11)23)18-8-10-3-1-2-4-12(10)20(24)25/h1-6,11,13-15,21H,7-9H2,(H,28,29)(H,30,31)(H,18,19,22)(H2,25,26,27);1-6,11,13-15,21-22H,7-9H2,(H,18,19,23)/t2*11?,13?,14-,15-/m11/s1. The molecule has 4 aliphatic heterocycles. The third-order valence-electron chi connectivity index (χ3n) is 9.55. The smallest absolute Gasteiger partial charge is 0.394 e. The average Bonchev–Trinajstić information content (AvgIpc) is 3.78. The SMILES string of the molecule is O=C1NC(=NCc2ccccc2[N+](=O)[O-])C=CC1[C@H]1CC(O)[C@@H](CO)O1.O=C1NC(=NCc2ccccc2[N+](=O)[O-])C=CC1[C@H]1CC(O)[C@@H](COP(=O)(O)OP(=O)(O)OP(=O)(O)O)O1. The number of ether oxygens (including phenoxy) is 2. The van der Waals surface area contributed by atoms with Gasteiger partial charge in [-0.2, -0.15) is 8.62 Å². The largest absolute Gasteiger partial charge is 0.490 e. The van der Waals surface area contributed by atoms with Crippen molar-refractivity contribution in [2.75, 3.05) is 13.2 Å². The first-order valence-corrected chi connectivity index (χ1v) is 23.1. The minimum Gasteiger partial charge on any atom is -0.394 e. The second-order valence-corrected chi connectivity index (χ2v) is 18.4. The molecule has 0 bridgehead atoms. The zero-order valence-electron chi connectivity index (χ0n) is 32.8. The van der Waals surface area contributed by atoms with Crippen LogP contribution in [0.15, 0.2) is 82.8 Å². The van der Waals surface area contributed by atoms with Gasteiger partial charge in [-0.15, -0.1) is 0 Å². The Balaban J connectivity index is 0.000000258. The molecular formula is C34H41N6O21P3. The number of para-hydroxylation sites is 2. The lowest BCUT2D eigenvalue weighted by molar-refractivity contribution is -0.385. The molecule has 64 heavy (non-hydrogen) atoms. The highest BCUT2D eigenvalue weighted by molar-refractivity contribution is 7.66. The van der Waals surface area contributed by atoms with Crippen LogP contribution in [0.25, 0.3) is 0 Å². The van der Waals surface area contributed by atoms with Crippen LogP contribution in [-0.4, -0.2) is 118 Å². The number of phosphoric acid groups is 3. The summed E-state index contributed by atoms with van der Waals surface area (Å²) in [6.45, 7) is -1.20. The van der Waals surface area contributed by atoms with Crippen molar-refractivity contribution in [1.29, 1.82) is 0 Å². The predicted molar refractivity (Wildman–Crippen MR) is 215 cm³/mol. The maximum Gasteiger partial charge on any atom is 0.490 e. The molecule has 0 radical (unpaired) electrons. The first-order chi connectivity index (χ1) is 30.0. The van der Waals surface area contributed by atoms with Crippen LogP contribution in [0.2, 0.25) is 0 Å². The van der Waals surface area contributed by atoms with Crippen LogP contribution in [-0.2, 0) is 59.0 Å². The number of amidine groups is 2. The Morgan fingerprint density at radius 3 is 1.55 bits per heavy atom. The Bertz CT molecular complexity index is 2360. The number of benzene rings is 2. The van der Waals surface area contributed by atoms with Gasteiger partial charge in [0.25, 0.3) is 11.4 Å². The van der Waals surface area contributed by atoms with Gasteiger partial charge in [0.1, 0.15) is 23.9 Å². The van der Waals surface area contributed by atoms with E-state index in [-0.39, 0.29) is 55.7 Å².